The number of esters is 1. The number of carbonyl (C=O) groups excluding carboxylic acids is 10. The molecule has 1 aliphatic rings. The van der Waals surface area contributed by atoms with Crippen molar-refractivity contribution >= 4 is 59.0 Å². The van der Waals surface area contributed by atoms with Crippen LogP contribution in [0.1, 0.15) is 108 Å². The average molecular weight is 969 g/mol. The second-order valence-electron chi connectivity index (χ2n) is 19.8. The summed E-state index contributed by atoms with van der Waals surface area (Å²) in [6, 6.07) is 2.32. The zero-order valence-electron chi connectivity index (χ0n) is 43.8. The number of ketones is 1. The van der Waals surface area contributed by atoms with Crippen LogP contribution in [0.2, 0.25) is 0 Å². The van der Waals surface area contributed by atoms with Crippen molar-refractivity contribution < 1.29 is 52.7 Å². The number of likely N-dealkylation sites (N-methyl/N-ethyl adjacent to an activating group) is 4. The normalized spacial score (nSPS) is 27.2. The van der Waals surface area contributed by atoms with Crippen LogP contribution in [-0.4, -0.2) is 162 Å². The maximum Gasteiger partial charge on any atom is 0.311 e. The molecule has 19 heteroatoms. The van der Waals surface area contributed by atoms with Crippen molar-refractivity contribution in [3.8, 4) is 0 Å². The summed E-state index contributed by atoms with van der Waals surface area (Å²) in [7, 11) is 5.62. The first-order valence-electron chi connectivity index (χ1n) is 24.0. The van der Waals surface area contributed by atoms with Crippen LogP contribution in [0.15, 0.2) is 30.3 Å². The number of amides is 8. The molecule has 1 aliphatic heterocycles. The van der Waals surface area contributed by atoms with E-state index in [1.54, 1.807) is 65.0 Å². The molecule has 1 fully saturated rings. The smallest absolute Gasteiger partial charge is 0.311 e. The molecule has 1 aromatic carbocycles. The van der Waals surface area contributed by atoms with E-state index >= 15 is 0 Å². The molecule has 69 heavy (non-hydrogen) atoms. The van der Waals surface area contributed by atoms with Gasteiger partial charge in [0.2, 0.25) is 41.4 Å². The first-order chi connectivity index (χ1) is 32.0. The maximum atomic E-state index is 14.5. The van der Waals surface area contributed by atoms with Gasteiger partial charge in [-0.15, -0.1) is 0 Å². The SMILES string of the molecule is CC[C@H](C)C1OC(=O)[C@@H](C)[C@@H](CC)NC(=O)[C@@H](C)N(C)C(=O)C(C)(C)C(=O)C(C)NC(=O)[C@H](Cc2ccccc2)N(C)C(=O)[C@H](C(C)C)N(C)C(=O)CNC(=O)[C@@H](CC(C)C)N(C)C(=O)CNC1=O. The number of hydrogen-bond donors (Lipinski definition) is 4. The highest BCUT2D eigenvalue weighted by Gasteiger charge is 2.45. The van der Waals surface area contributed by atoms with E-state index in [0.717, 1.165) is 4.90 Å². The van der Waals surface area contributed by atoms with Crippen molar-refractivity contribution in [2.75, 3.05) is 41.3 Å². The van der Waals surface area contributed by atoms with Crippen molar-refractivity contribution in [1.82, 2.24) is 40.9 Å². The van der Waals surface area contributed by atoms with E-state index in [1.807, 2.05) is 13.8 Å². The Morgan fingerprint density at radius 2 is 1.23 bits per heavy atom. The van der Waals surface area contributed by atoms with Crippen molar-refractivity contribution in [1.29, 1.82) is 0 Å². The van der Waals surface area contributed by atoms with Gasteiger partial charge in [0.05, 0.1) is 25.0 Å². The highest BCUT2D eigenvalue weighted by atomic mass is 16.5. The number of carbonyl (C=O) groups is 10. The van der Waals surface area contributed by atoms with E-state index in [2.05, 4.69) is 21.3 Å². The molecule has 0 aliphatic carbocycles. The Hall–Kier alpha value is -5.88. The molecule has 1 aromatic rings. The third-order valence-electron chi connectivity index (χ3n) is 13.4. The van der Waals surface area contributed by atoms with Crippen LogP contribution >= 0.6 is 0 Å². The summed E-state index contributed by atoms with van der Waals surface area (Å²) in [6.07, 6.45) is -0.422. The van der Waals surface area contributed by atoms with Crippen LogP contribution < -0.4 is 21.3 Å². The second kappa shape index (κ2) is 26.2. The summed E-state index contributed by atoms with van der Waals surface area (Å²) in [4.78, 5) is 144. The van der Waals surface area contributed by atoms with Crippen LogP contribution in [0.5, 0.6) is 0 Å². The van der Waals surface area contributed by atoms with E-state index < -0.39 is 138 Å². The van der Waals surface area contributed by atoms with Gasteiger partial charge in [-0.3, -0.25) is 47.9 Å². The minimum atomic E-state index is -1.77. The summed E-state index contributed by atoms with van der Waals surface area (Å²) in [6.45, 7) is 18.5. The summed E-state index contributed by atoms with van der Waals surface area (Å²) >= 11 is 0. The molecule has 0 aromatic heterocycles. The second-order valence-corrected chi connectivity index (χ2v) is 19.8. The number of nitrogens with zero attached hydrogens (tertiary/aromatic N) is 4. The number of hydrogen-bond acceptors (Lipinski definition) is 11. The molecule has 19 nitrogen and oxygen atoms in total. The highest BCUT2D eigenvalue weighted by molar-refractivity contribution is 6.09. The number of benzene rings is 1. The Labute approximate surface area is 408 Å². The third-order valence-corrected chi connectivity index (χ3v) is 13.4. The molecule has 9 atom stereocenters. The summed E-state index contributed by atoms with van der Waals surface area (Å²) in [5, 5.41) is 10.7. The molecule has 1 saturated heterocycles. The number of rotatable bonds is 8. The van der Waals surface area contributed by atoms with Crippen LogP contribution in [0.3, 0.4) is 0 Å². The van der Waals surface area contributed by atoms with E-state index in [0.29, 0.717) is 12.0 Å². The molecule has 0 spiro atoms. The van der Waals surface area contributed by atoms with E-state index in [9.17, 15) is 47.9 Å². The highest BCUT2D eigenvalue weighted by Crippen LogP contribution is 2.25. The van der Waals surface area contributed by atoms with Gasteiger partial charge >= 0.3 is 5.97 Å². The molecule has 0 bridgehead atoms. The summed E-state index contributed by atoms with van der Waals surface area (Å²) in [5.74, 6) is -8.81. The lowest BCUT2D eigenvalue weighted by molar-refractivity contribution is -0.164. The minimum Gasteiger partial charge on any atom is -0.452 e. The molecule has 0 saturated carbocycles. The number of ether oxygens (including phenoxy) is 1. The fourth-order valence-corrected chi connectivity index (χ4v) is 8.25. The zero-order valence-corrected chi connectivity index (χ0v) is 43.8. The maximum absolute atomic E-state index is 14.5. The molecule has 0 radical (unpaired) electrons. The van der Waals surface area contributed by atoms with Gasteiger partial charge in [0.1, 0.15) is 29.6 Å². The fraction of sp³-hybridized carbons (Fsp3) is 0.680. The quantitative estimate of drug-likeness (QED) is 0.217. The lowest BCUT2D eigenvalue weighted by Gasteiger charge is -2.37. The van der Waals surface area contributed by atoms with Crippen LogP contribution in [0.25, 0.3) is 0 Å². The first-order valence-corrected chi connectivity index (χ1v) is 24.0. The third kappa shape index (κ3) is 15.6. The Balaban J connectivity index is 2.69. The lowest BCUT2D eigenvalue weighted by Crippen LogP contribution is -2.60. The van der Waals surface area contributed by atoms with Gasteiger partial charge in [-0.25, -0.2) is 0 Å². The fourth-order valence-electron chi connectivity index (χ4n) is 8.25. The van der Waals surface area contributed by atoms with E-state index in [1.165, 1.54) is 77.5 Å². The Bertz CT molecular complexity index is 2010. The molecule has 2 unspecified atom stereocenters. The Morgan fingerprint density at radius 1 is 0.681 bits per heavy atom. The molecular formula is C50H80N8O11. The molecular weight excluding hydrogens is 889 g/mol. The van der Waals surface area contributed by atoms with Gasteiger partial charge < -0.3 is 45.6 Å². The number of cyclic esters (lactones) is 1. The predicted octanol–water partition coefficient (Wildman–Crippen LogP) is 2.09. The Kier molecular flexibility index (Phi) is 22.5. The van der Waals surface area contributed by atoms with Crippen LogP contribution in [-0.2, 0) is 59.1 Å². The van der Waals surface area contributed by atoms with Gasteiger partial charge in [0.15, 0.2) is 11.9 Å². The van der Waals surface area contributed by atoms with Crippen molar-refractivity contribution in [3.63, 3.8) is 0 Å². The average Bonchev–Trinajstić information content (AvgIpc) is 3.31. The topological polar surface area (TPSA) is 241 Å². The predicted molar refractivity (Wildman–Crippen MR) is 259 cm³/mol. The van der Waals surface area contributed by atoms with Crippen molar-refractivity contribution in [3.05, 3.63) is 35.9 Å². The zero-order chi connectivity index (χ0) is 52.8. The minimum absolute atomic E-state index is 0.0206. The van der Waals surface area contributed by atoms with Crippen molar-refractivity contribution in [2.45, 2.75) is 151 Å². The van der Waals surface area contributed by atoms with Crippen molar-refractivity contribution in [2.24, 2.45) is 29.1 Å². The lowest BCUT2D eigenvalue weighted by atomic mass is 9.82. The number of Topliss-reactive ketones (excluding diaryl/α,β-unsaturated/α-hetero) is 1. The monoisotopic (exact) mass is 969 g/mol. The summed E-state index contributed by atoms with van der Waals surface area (Å²) < 4.78 is 5.77. The van der Waals surface area contributed by atoms with Gasteiger partial charge in [-0.05, 0) is 71.3 Å². The first kappa shape index (κ1) is 59.2. The standard InChI is InChI=1S/C50H80N8O11/c1-17-30(7)41-46(65)52-26-38(59)56(14)36(24-28(3)4)44(63)51-27-39(60)58(16)40(29(5)6)47(66)57(15)37(25-34-22-20-19-21-23-34)45(64)53-32(9)42(61)50(11,12)49(68)55(13)33(10)43(62)54-35(18-2)31(8)48(67)69-41/h19-23,28-33,35-37,40-41H,17-18,24-27H2,1-16H3,(H,51,63)(H,52,65)(H,53,64)(H,54,62)/t30-,31-,32?,33+,35+,36+,37-,40-,41?/m0/s1. The van der Waals surface area contributed by atoms with Crippen LogP contribution in [0, 0.1) is 29.1 Å². The Morgan fingerprint density at radius 3 is 1.75 bits per heavy atom. The molecule has 1 heterocycles. The molecule has 386 valence electrons. The summed E-state index contributed by atoms with van der Waals surface area (Å²) in [5.41, 5.74) is -1.07. The molecule has 4 N–H and O–H groups in total. The van der Waals surface area contributed by atoms with E-state index in [-0.39, 0.29) is 25.2 Å². The van der Waals surface area contributed by atoms with Gasteiger partial charge in [-0.1, -0.05) is 78.8 Å². The number of nitrogens with one attached hydrogen (secondary N) is 4. The largest absolute Gasteiger partial charge is 0.452 e. The molecule has 8 amide bonds. The van der Waals surface area contributed by atoms with Gasteiger partial charge in [-0.2, -0.15) is 0 Å². The van der Waals surface area contributed by atoms with Crippen LogP contribution in [0.4, 0.5) is 0 Å². The molecule has 2 rings (SSSR count). The van der Waals surface area contributed by atoms with Gasteiger partial charge in [0.25, 0.3) is 5.91 Å². The van der Waals surface area contributed by atoms with E-state index in [4.69, 9.17) is 4.74 Å². The van der Waals surface area contributed by atoms with Gasteiger partial charge in [0, 0.05) is 46.6 Å².